The van der Waals surface area contributed by atoms with Crippen LogP contribution in [0.3, 0.4) is 0 Å². The van der Waals surface area contributed by atoms with Gasteiger partial charge in [-0.05, 0) is 19.2 Å². The highest BCUT2D eigenvalue weighted by Crippen LogP contribution is 2.25. The van der Waals surface area contributed by atoms with E-state index in [9.17, 15) is 8.42 Å². The summed E-state index contributed by atoms with van der Waals surface area (Å²) in [6, 6.07) is 7.08. The number of terminal acetylenes is 1. The van der Waals surface area contributed by atoms with Crippen LogP contribution in [-0.2, 0) is 10.0 Å². The van der Waals surface area contributed by atoms with Gasteiger partial charge >= 0.3 is 0 Å². The van der Waals surface area contributed by atoms with Gasteiger partial charge < -0.3 is 4.90 Å². The third-order valence-electron chi connectivity index (χ3n) is 3.45. The Morgan fingerprint density at radius 2 is 1.90 bits per heavy atom. The molecule has 1 aromatic carbocycles. The number of nitrogens with one attached hydrogen (secondary N) is 1. The molecule has 108 valence electrons. The van der Waals surface area contributed by atoms with Gasteiger partial charge in [0.2, 0.25) is 10.0 Å². The average molecular weight is 293 g/mol. The lowest BCUT2D eigenvalue weighted by atomic mass is 10.2. The zero-order valence-corrected chi connectivity index (χ0v) is 12.4. The van der Waals surface area contributed by atoms with Gasteiger partial charge in [0.25, 0.3) is 0 Å². The van der Waals surface area contributed by atoms with Crippen molar-refractivity contribution in [2.24, 2.45) is 0 Å². The molecule has 0 spiro atoms. The Hall–Kier alpha value is -1.55. The minimum atomic E-state index is -3.44. The maximum Gasteiger partial charge on any atom is 0.242 e. The molecular weight excluding hydrogens is 274 g/mol. The lowest BCUT2D eigenvalue weighted by Crippen LogP contribution is -2.46. The van der Waals surface area contributed by atoms with Crippen LogP contribution in [-0.4, -0.2) is 53.1 Å². The van der Waals surface area contributed by atoms with E-state index in [4.69, 9.17) is 6.42 Å². The molecule has 0 aromatic heterocycles. The first-order valence-corrected chi connectivity index (χ1v) is 8.00. The van der Waals surface area contributed by atoms with Gasteiger partial charge in [0.1, 0.15) is 4.90 Å². The van der Waals surface area contributed by atoms with E-state index in [2.05, 4.69) is 20.4 Å². The third-order valence-corrected chi connectivity index (χ3v) is 4.91. The largest absolute Gasteiger partial charge is 0.368 e. The summed E-state index contributed by atoms with van der Waals surface area (Å²) in [5.41, 5.74) is 0.752. The molecular formula is C14H19N3O2S. The number of para-hydroxylation sites is 1. The molecule has 1 saturated heterocycles. The highest BCUT2D eigenvalue weighted by atomic mass is 32.2. The van der Waals surface area contributed by atoms with Crippen molar-refractivity contribution in [2.45, 2.75) is 4.90 Å². The number of piperazine rings is 1. The molecule has 1 aliphatic rings. The maximum atomic E-state index is 12.1. The van der Waals surface area contributed by atoms with Gasteiger partial charge in [0.15, 0.2) is 0 Å². The molecule has 0 aliphatic carbocycles. The zero-order chi connectivity index (χ0) is 14.6. The monoisotopic (exact) mass is 293 g/mol. The van der Waals surface area contributed by atoms with E-state index in [1.165, 1.54) is 7.05 Å². The van der Waals surface area contributed by atoms with Crippen LogP contribution in [0.15, 0.2) is 29.2 Å². The van der Waals surface area contributed by atoms with Gasteiger partial charge in [-0.2, -0.15) is 0 Å². The molecule has 1 N–H and O–H groups in total. The van der Waals surface area contributed by atoms with Crippen LogP contribution < -0.4 is 9.62 Å². The second-order valence-electron chi connectivity index (χ2n) is 4.64. The molecule has 0 saturated carbocycles. The number of rotatable bonds is 4. The first kappa shape index (κ1) is 14.9. The Labute approximate surface area is 120 Å². The van der Waals surface area contributed by atoms with Crippen LogP contribution in [0.25, 0.3) is 0 Å². The molecule has 1 heterocycles. The summed E-state index contributed by atoms with van der Waals surface area (Å²) in [5.74, 6) is 2.64. The first-order valence-electron chi connectivity index (χ1n) is 6.52. The number of nitrogens with zero attached hydrogens (tertiary/aromatic N) is 2. The number of hydrogen-bond donors (Lipinski definition) is 1. The third kappa shape index (κ3) is 3.12. The molecule has 0 atom stereocenters. The Balaban J connectivity index is 2.21. The number of anilines is 1. The van der Waals surface area contributed by atoms with Gasteiger partial charge in [0, 0.05) is 26.2 Å². The van der Waals surface area contributed by atoms with Crippen LogP contribution in [0, 0.1) is 12.3 Å². The molecule has 20 heavy (non-hydrogen) atoms. The van der Waals surface area contributed by atoms with Gasteiger partial charge in [0.05, 0.1) is 12.2 Å². The fourth-order valence-corrected chi connectivity index (χ4v) is 3.28. The molecule has 0 amide bonds. The van der Waals surface area contributed by atoms with E-state index >= 15 is 0 Å². The Morgan fingerprint density at radius 3 is 2.50 bits per heavy atom. The van der Waals surface area contributed by atoms with Crippen LogP contribution >= 0.6 is 0 Å². The quantitative estimate of drug-likeness (QED) is 0.814. The van der Waals surface area contributed by atoms with E-state index < -0.39 is 10.0 Å². The van der Waals surface area contributed by atoms with E-state index in [0.717, 1.165) is 31.9 Å². The summed E-state index contributed by atoms with van der Waals surface area (Å²) in [4.78, 5) is 4.61. The predicted octanol–water partition coefficient (Wildman–Crippen LogP) is 0.350. The second-order valence-corrected chi connectivity index (χ2v) is 6.50. The topological polar surface area (TPSA) is 52.7 Å². The van der Waals surface area contributed by atoms with Crippen LogP contribution in [0.4, 0.5) is 5.69 Å². The highest BCUT2D eigenvalue weighted by molar-refractivity contribution is 7.89. The predicted molar refractivity (Wildman–Crippen MR) is 80.2 cm³/mol. The van der Waals surface area contributed by atoms with Gasteiger partial charge in [-0.15, -0.1) is 6.42 Å². The van der Waals surface area contributed by atoms with Crippen molar-refractivity contribution in [3.8, 4) is 12.3 Å². The van der Waals surface area contributed by atoms with Crippen molar-refractivity contribution < 1.29 is 8.42 Å². The van der Waals surface area contributed by atoms with Crippen molar-refractivity contribution in [2.75, 3.05) is 44.7 Å². The molecule has 1 aliphatic heterocycles. The number of hydrogen-bond acceptors (Lipinski definition) is 4. The van der Waals surface area contributed by atoms with Gasteiger partial charge in [-0.25, -0.2) is 13.1 Å². The summed E-state index contributed by atoms with van der Waals surface area (Å²) in [6.45, 7) is 3.89. The average Bonchev–Trinajstić information content (AvgIpc) is 2.48. The minimum absolute atomic E-state index is 0.327. The first-order chi connectivity index (χ1) is 9.58. The maximum absolute atomic E-state index is 12.1. The summed E-state index contributed by atoms with van der Waals surface area (Å²) >= 11 is 0. The van der Waals surface area contributed by atoms with Crippen molar-refractivity contribution in [3.63, 3.8) is 0 Å². The van der Waals surface area contributed by atoms with Crippen LogP contribution in [0.2, 0.25) is 0 Å². The van der Waals surface area contributed by atoms with Crippen LogP contribution in [0.5, 0.6) is 0 Å². The van der Waals surface area contributed by atoms with Crippen molar-refractivity contribution >= 4 is 15.7 Å². The lowest BCUT2D eigenvalue weighted by molar-refractivity contribution is 0.287. The lowest BCUT2D eigenvalue weighted by Gasteiger charge is -2.35. The Morgan fingerprint density at radius 1 is 1.25 bits per heavy atom. The highest BCUT2D eigenvalue weighted by Gasteiger charge is 2.23. The van der Waals surface area contributed by atoms with Gasteiger partial charge in [-0.1, -0.05) is 18.1 Å². The van der Waals surface area contributed by atoms with Crippen LogP contribution in [0.1, 0.15) is 0 Å². The minimum Gasteiger partial charge on any atom is -0.368 e. The van der Waals surface area contributed by atoms with Crippen molar-refractivity contribution in [1.29, 1.82) is 0 Å². The van der Waals surface area contributed by atoms with E-state index in [0.29, 0.717) is 11.4 Å². The Kier molecular flexibility index (Phi) is 4.65. The molecule has 2 rings (SSSR count). The molecule has 0 radical (unpaired) electrons. The normalized spacial score (nSPS) is 16.9. The smallest absolute Gasteiger partial charge is 0.242 e. The van der Waals surface area contributed by atoms with E-state index in [-0.39, 0.29) is 0 Å². The zero-order valence-electron chi connectivity index (χ0n) is 11.5. The second kappa shape index (κ2) is 6.27. The van der Waals surface area contributed by atoms with Crippen molar-refractivity contribution in [3.05, 3.63) is 24.3 Å². The standard InChI is InChI=1S/C14H19N3O2S/c1-3-8-16-9-11-17(12-10-16)13-6-4-5-7-14(13)20(18,19)15-2/h1,4-7,15H,8-12H2,2H3. The van der Waals surface area contributed by atoms with Gasteiger partial charge in [-0.3, -0.25) is 4.90 Å². The summed E-state index contributed by atoms with van der Waals surface area (Å²) in [6.07, 6.45) is 5.31. The fraction of sp³-hybridized carbons (Fsp3) is 0.429. The fourth-order valence-electron chi connectivity index (χ4n) is 2.33. The molecule has 1 aromatic rings. The molecule has 1 fully saturated rings. The number of sulfonamides is 1. The Bertz CT molecular complexity index is 599. The molecule has 6 heteroatoms. The summed E-state index contributed by atoms with van der Waals surface area (Å²) in [7, 11) is -2.01. The SMILES string of the molecule is C#CCN1CCN(c2ccccc2S(=O)(=O)NC)CC1. The number of benzene rings is 1. The van der Waals surface area contributed by atoms with Crippen molar-refractivity contribution in [1.82, 2.24) is 9.62 Å². The molecule has 0 bridgehead atoms. The van der Waals surface area contributed by atoms with E-state index in [1.807, 2.05) is 12.1 Å². The molecule has 0 unspecified atom stereocenters. The molecule has 5 nitrogen and oxygen atoms in total. The van der Waals surface area contributed by atoms with E-state index in [1.54, 1.807) is 12.1 Å². The summed E-state index contributed by atoms with van der Waals surface area (Å²) < 4.78 is 26.5. The summed E-state index contributed by atoms with van der Waals surface area (Å²) in [5, 5.41) is 0.